The molecule has 2 aliphatic carbocycles. The second-order valence-corrected chi connectivity index (χ2v) is 29.2. The van der Waals surface area contributed by atoms with Gasteiger partial charge in [-0.3, -0.25) is 0 Å². The van der Waals surface area contributed by atoms with Crippen molar-refractivity contribution in [2.24, 2.45) is 0 Å². The zero-order valence-corrected chi connectivity index (χ0v) is 29.3. The first-order valence-corrected chi connectivity index (χ1v) is 22.4. The van der Waals surface area contributed by atoms with Gasteiger partial charge < -0.3 is 0 Å². The van der Waals surface area contributed by atoms with Crippen molar-refractivity contribution in [2.45, 2.75) is 33.2 Å². The van der Waals surface area contributed by atoms with Crippen molar-refractivity contribution in [3.63, 3.8) is 0 Å². The Morgan fingerprint density at radius 2 is 0.929 bits per heavy atom. The Labute approximate surface area is 269 Å². The van der Waals surface area contributed by atoms with Gasteiger partial charge in [0.05, 0.1) is 0 Å². The molecule has 2 aliphatic rings. The van der Waals surface area contributed by atoms with E-state index in [9.17, 15) is 0 Å². The molecular weight excluding hydrogens is 655 g/mol. The van der Waals surface area contributed by atoms with Crippen LogP contribution in [0.1, 0.15) is 54.1 Å². The third kappa shape index (κ3) is 4.81. The number of aryl methyl sites for hydroxylation is 2. The van der Waals surface area contributed by atoms with E-state index in [4.69, 9.17) is 0 Å². The molecule has 4 aromatic carbocycles. The molecule has 0 radical (unpaired) electrons. The van der Waals surface area contributed by atoms with Gasteiger partial charge in [-0.15, -0.1) is 24.8 Å². The average Bonchev–Trinajstić information content (AvgIpc) is 3.54. The van der Waals surface area contributed by atoms with Crippen molar-refractivity contribution in [1.29, 1.82) is 0 Å². The average molecular weight is 689 g/mol. The van der Waals surface area contributed by atoms with Crippen LogP contribution in [-0.2, 0) is 26.6 Å². The number of hydrogen-bond donors (Lipinski definition) is 0. The van der Waals surface area contributed by atoms with Gasteiger partial charge in [0, 0.05) is 0 Å². The summed E-state index contributed by atoms with van der Waals surface area (Å²) in [6.07, 6.45) is 8.71. The Morgan fingerprint density at radius 1 is 0.571 bits per heavy atom. The molecule has 212 valence electrons. The van der Waals surface area contributed by atoms with Gasteiger partial charge >= 0.3 is 246 Å². The molecule has 0 aromatic heterocycles. The van der Waals surface area contributed by atoms with E-state index in [0.29, 0.717) is 0 Å². The second-order valence-electron chi connectivity index (χ2n) is 11.1. The summed E-state index contributed by atoms with van der Waals surface area (Å²) in [6.45, 7) is 8.75. The predicted octanol–water partition coefficient (Wildman–Crippen LogP) is 8.93. The molecular formula is C36H34Cl2O2SiZr. The van der Waals surface area contributed by atoms with Gasteiger partial charge in [0.2, 0.25) is 0 Å². The van der Waals surface area contributed by atoms with E-state index in [1.165, 1.54) is 0 Å². The molecule has 0 bridgehead atoms. The van der Waals surface area contributed by atoms with Crippen molar-refractivity contribution < 1.29 is 30.0 Å². The summed E-state index contributed by atoms with van der Waals surface area (Å²) in [5, 5.41) is 0. The molecule has 0 fully saturated rings. The normalized spacial score (nSPS) is 19.2. The topological polar surface area (TPSA) is 34.1 Å². The minimum atomic E-state index is -3.31. The Balaban J connectivity index is 0.00000202. The van der Waals surface area contributed by atoms with Gasteiger partial charge in [-0.1, -0.05) is 0 Å². The summed E-state index contributed by atoms with van der Waals surface area (Å²) in [5.74, 6) is 0.310. The van der Waals surface area contributed by atoms with Crippen LogP contribution in [0.4, 0.5) is 0 Å². The van der Waals surface area contributed by atoms with Gasteiger partial charge in [-0.05, 0) is 0 Å². The first-order chi connectivity index (χ1) is 19.3. The van der Waals surface area contributed by atoms with Crippen LogP contribution in [0.2, 0.25) is 13.1 Å². The molecule has 0 saturated carbocycles. The number of ketones is 2. The number of fused-ring (bicyclic) bond motifs is 2. The maximum absolute atomic E-state index is 15.2. The zero-order valence-electron chi connectivity index (χ0n) is 24.2. The molecule has 42 heavy (non-hydrogen) atoms. The molecule has 6 rings (SSSR count). The fraction of sp³-hybridized carbons (Fsp3) is 0.167. The van der Waals surface area contributed by atoms with Crippen molar-refractivity contribution >= 4 is 54.0 Å². The summed E-state index contributed by atoms with van der Waals surface area (Å²) in [6, 6.07) is 32.6. The molecule has 6 heteroatoms. The molecule has 0 heterocycles. The van der Waals surface area contributed by atoms with Gasteiger partial charge in [0.25, 0.3) is 0 Å². The van der Waals surface area contributed by atoms with Crippen LogP contribution in [0.3, 0.4) is 0 Å². The van der Waals surface area contributed by atoms with Crippen LogP contribution in [-0.4, -0.2) is 17.0 Å². The van der Waals surface area contributed by atoms with E-state index in [1.807, 2.05) is 74.5 Å². The van der Waals surface area contributed by atoms with Crippen LogP contribution in [0.5, 0.6) is 0 Å². The summed E-state index contributed by atoms with van der Waals surface area (Å²) in [4.78, 5) is 30.4. The number of halogens is 2. The van der Waals surface area contributed by atoms with Gasteiger partial charge in [-0.2, -0.15) is 0 Å². The van der Waals surface area contributed by atoms with Gasteiger partial charge in [0.1, 0.15) is 0 Å². The van der Waals surface area contributed by atoms with Crippen LogP contribution in [0.15, 0.2) is 109 Å². The third-order valence-electron chi connectivity index (χ3n) is 8.58. The molecule has 0 spiro atoms. The standard InChI is InChI=1S/2C17H13O.C2H6Si.2ClH.Zr/c2*1-12-6-2-4-8-14(12)17(18)16-11-10-13-7-3-5-9-15(13)16;1-3-2;;;/h2*2-11H,1H3;1-2H3;2*1H;. The van der Waals surface area contributed by atoms with Crippen LogP contribution in [0.25, 0.3) is 12.2 Å². The number of Topliss-reactive ketones (excluding diaryl/α,β-unsaturated/α-hetero) is 2. The summed E-state index contributed by atoms with van der Waals surface area (Å²) in [7, 11) is 0. The Kier molecular flexibility index (Phi) is 9.65. The molecule has 0 N–H and O–H groups in total. The Hall–Kier alpha value is -2.62. The second kappa shape index (κ2) is 12.5. The molecule has 2 atom stereocenters. The summed E-state index contributed by atoms with van der Waals surface area (Å²) >= 11 is -3.31. The Bertz CT molecular complexity index is 1680. The van der Waals surface area contributed by atoms with Crippen molar-refractivity contribution in [1.82, 2.24) is 0 Å². The first kappa shape index (κ1) is 32.3. The van der Waals surface area contributed by atoms with Gasteiger partial charge in [0.15, 0.2) is 0 Å². The van der Waals surface area contributed by atoms with E-state index in [-0.39, 0.29) is 36.4 Å². The molecule has 0 saturated heterocycles. The molecule has 2 nitrogen and oxygen atoms in total. The SMILES string of the molecule is Cc1ccccc1C(=O)[C]1([Zr](=[Si](C)C)[C]2(C(=O)c3ccccc3C)C=Cc3ccccc32)C=Cc2ccccc21.Cl.Cl. The zero-order chi connectivity index (χ0) is 28.1. The summed E-state index contributed by atoms with van der Waals surface area (Å²) in [5.41, 5.74) is 6.73. The molecule has 2 unspecified atom stereocenters. The first-order valence-electron chi connectivity index (χ1n) is 13.8. The minimum absolute atomic E-state index is 0. The summed E-state index contributed by atoms with van der Waals surface area (Å²) < 4.78 is -1.61. The quantitative estimate of drug-likeness (QED) is 0.150. The van der Waals surface area contributed by atoms with E-state index < -0.39 is 32.0 Å². The van der Waals surface area contributed by atoms with E-state index in [2.05, 4.69) is 73.8 Å². The van der Waals surface area contributed by atoms with E-state index >= 15 is 9.59 Å². The monoisotopic (exact) mass is 686 g/mol. The largest absolute Gasteiger partial charge is 0.147 e. The number of rotatable bonds is 6. The fourth-order valence-electron chi connectivity index (χ4n) is 6.85. The fourth-order valence-corrected chi connectivity index (χ4v) is 31.0. The number of hydrogen-bond acceptors (Lipinski definition) is 2. The smallest absolute Gasteiger partial charge is 0.147 e. The van der Waals surface area contributed by atoms with Crippen molar-refractivity contribution in [3.8, 4) is 0 Å². The molecule has 4 aromatic rings. The molecule has 0 aliphatic heterocycles. The molecule has 0 amide bonds. The number of benzene rings is 4. The maximum Gasteiger partial charge on any atom is -0.147 e. The van der Waals surface area contributed by atoms with Crippen molar-refractivity contribution in [2.75, 3.05) is 0 Å². The Morgan fingerprint density at radius 3 is 1.31 bits per heavy atom. The number of carbonyl (C=O) groups is 2. The van der Waals surface area contributed by atoms with E-state index in [1.54, 1.807) is 0 Å². The van der Waals surface area contributed by atoms with Crippen molar-refractivity contribution in [3.05, 3.63) is 154 Å². The van der Waals surface area contributed by atoms with Crippen LogP contribution >= 0.6 is 24.8 Å². The predicted molar refractivity (Wildman–Crippen MR) is 177 cm³/mol. The van der Waals surface area contributed by atoms with Crippen LogP contribution in [0, 0.1) is 13.8 Å². The maximum atomic E-state index is 15.2. The number of carbonyl (C=O) groups excluding carboxylic acids is 2. The number of allylic oxidation sites excluding steroid dienone is 2. The minimum Gasteiger partial charge on any atom is -0.147 e. The third-order valence-corrected chi connectivity index (χ3v) is 28.8. The van der Waals surface area contributed by atoms with Gasteiger partial charge in [-0.25, -0.2) is 0 Å². The van der Waals surface area contributed by atoms with E-state index in [0.717, 1.165) is 44.5 Å². The van der Waals surface area contributed by atoms with Crippen LogP contribution < -0.4 is 0 Å².